The average Bonchev–Trinajstić information content (AvgIpc) is 2.20. The van der Waals surface area contributed by atoms with E-state index in [9.17, 15) is 0 Å². The Kier molecular flexibility index (Phi) is 3.78. The van der Waals surface area contributed by atoms with Gasteiger partial charge in [-0.1, -0.05) is 35.5 Å². The van der Waals surface area contributed by atoms with Crippen LogP contribution in [-0.2, 0) is 0 Å². The zero-order valence-corrected chi connectivity index (χ0v) is 9.26. The smallest absolute Gasteiger partial charge is 0.109 e. The van der Waals surface area contributed by atoms with Gasteiger partial charge in [0.15, 0.2) is 0 Å². The van der Waals surface area contributed by atoms with E-state index in [4.69, 9.17) is 28.4 Å². The summed E-state index contributed by atoms with van der Waals surface area (Å²) < 4.78 is 0. The largest absolute Gasteiger partial charge is 0.411 e. The van der Waals surface area contributed by atoms with Crippen LogP contribution in [0, 0.1) is 0 Å². The summed E-state index contributed by atoms with van der Waals surface area (Å²) in [5.41, 5.74) is 1.16. The molecule has 0 aliphatic carbocycles. The zero-order chi connectivity index (χ0) is 10.6. The number of benzene rings is 1. The lowest BCUT2D eigenvalue weighted by molar-refractivity contribution is 0.317. The Bertz CT molecular complexity index is 322. The number of hydrogen-bond acceptors (Lipinski definition) is 2. The molecular formula is C10H11Cl2NO. The van der Waals surface area contributed by atoms with Crippen LogP contribution in [-0.4, -0.2) is 21.7 Å². The maximum atomic E-state index is 8.89. The van der Waals surface area contributed by atoms with E-state index in [0.717, 1.165) is 5.56 Å². The summed E-state index contributed by atoms with van der Waals surface area (Å²) in [6.45, 7) is 1.71. The van der Waals surface area contributed by atoms with E-state index in [1.807, 2.05) is 30.3 Å². The molecule has 0 radical (unpaired) electrons. The van der Waals surface area contributed by atoms with E-state index < -0.39 is 4.87 Å². The van der Waals surface area contributed by atoms with Crippen molar-refractivity contribution in [2.24, 2.45) is 5.16 Å². The Morgan fingerprint density at radius 2 is 2.00 bits per heavy atom. The Morgan fingerprint density at radius 3 is 2.43 bits per heavy atom. The minimum absolute atomic E-state index is 0.183. The first-order valence-electron chi connectivity index (χ1n) is 4.14. The molecule has 0 heterocycles. The molecule has 1 rings (SSSR count). The van der Waals surface area contributed by atoms with E-state index in [-0.39, 0.29) is 5.88 Å². The minimum atomic E-state index is -0.850. The van der Waals surface area contributed by atoms with Gasteiger partial charge in [0.25, 0.3) is 0 Å². The highest BCUT2D eigenvalue weighted by atomic mass is 35.5. The summed E-state index contributed by atoms with van der Waals surface area (Å²) in [7, 11) is 0. The molecule has 14 heavy (non-hydrogen) atoms. The predicted molar refractivity (Wildman–Crippen MR) is 59.7 cm³/mol. The van der Waals surface area contributed by atoms with Crippen LogP contribution in [0.4, 0.5) is 0 Å². The van der Waals surface area contributed by atoms with Crippen LogP contribution in [0.2, 0.25) is 0 Å². The molecule has 1 atom stereocenters. The van der Waals surface area contributed by atoms with E-state index in [0.29, 0.717) is 5.71 Å². The second-order valence-electron chi connectivity index (χ2n) is 3.15. The van der Waals surface area contributed by atoms with Gasteiger partial charge in [0.1, 0.15) is 10.6 Å². The maximum absolute atomic E-state index is 8.89. The highest BCUT2D eigenvalue weighted by Gasteiger charge is 2.28. The van der Waals surface area contributed by atoms with Crippen LogP contribution in [0.15, 0.2) is 35.5 Å². The summed E-state index contributed by atoms with van der Waals surface area (Å²) in [5.74, 6) is 0.183. The molecule has 0 fully saturated rings. The molecule has 0 saturated carbocycles. The number of nitrogens with zero attached hydrogens (tertiary/aromatic N) is 1. The molecule has 1 aromatic rings. The van der Waals surface area contributed by atoms with Gasteiger partial charge in [-0.2, -0.15) is 0 Å². The number of alkyl halides is 2. The van der Waals surface area contributed by atoms with Crippen molar-refractivity contribution in [3.63, 3.8) is 0 Å². The highest BCUT2D eigenvalue weighted by Crippen LogP contribution is 2.23. The van der Waals surface area contributed by atoms with Gasteiger partial charge in [-0.15, -0.1) is 23.2 Å². The van der Waals surface area contributed by atoms with Crippen LogP contribution in [0.5, 0.6) is 0 Å². The first kappa shape index (κ1) is 11.3. The minimum Gasteiger partial charge on any atom is -0.411 e. The van der Waals surface area contributed by atoms with Gasteiger partial charge >= 0.3 is 0 Å². The molecule has 1 aromatic carbocycles. The standard InChI is InChI=1S/C10H11Cl2NO/c1-10(12,7-11)9(13-14)8-5-3-2-4-6-8/h2-6,14H,7H2,1H3. The van der Waals surface area contributed by atoms with E-state index in [1.54, 1.807) is 6.92 Å². The molecule has 0 amide bonds. The van der Waals surface area contributed by atoms with Crippen molar-refractivity contribution in [1.82, 2.24) is 0 Å². The number of halogens is 2. The summed E-state index contributed by atoms with van der Waals surface area (Å²) >= 11 is 11.8. The quantitative estimate of drug-likeness (QED) is 0.369. The zero-order valence-electron chi connectivity index (χ0n) is 7.74. The maximum Gasteiger partial charge on any atom is 0.109 e. The molecule has 0 aliphatic heterocycles. The summed E-state index contributed by atoms with van der Waals surface area (Å²) in [5, 5.41) is 12.1. The van der Waals surface area contributed by atoms with Crippen LogP contribution >= 0.6 is 23.2 Å². The highest BCUT2D eigenvalue weighted by molar-refractivity contribution is 6.42. The summed E-state index contributed by atoms with van der Waals surface area (Å²) in [4.78, 5) is -0.850. The monoisotopic (exact) mass is 231 g/mol. The first-order valence-corrected chi connectivity index (χ1v) is 5.06. The van der Waals surface area contributed by atoms with Gasteiger partial charge in [-0.05, 0) is 6.92 Å². The van der Waals surface area contributed by atoms with Crippen molar-refractivity contribution in [3.05, 3.63) is 35.9 Å². The van der Waals surface area contributed by atoms with Gasteiger partial charge in [0.05, 0.1) is 0 Å². The molecule has 0 saturated heterocycles. The first-order chi connectivity index (χ1) is 6.61. The van der Waals surface area contributed by atoms with Gasteiger partial charge in [-0.3, -0.25) is 0 Å². The molecule has 0 spiro atoms. The van der Waals surface area contributed by atoms with Gasteiger partial charge in [-0.25, -0.2) is 0 Å². The fourth-order valence-electron chi connectivity index (χ4n) is 1.12. The van der Waals surface area contributed by atoms with Crippen molar-refractivity contribution in [2.75, 3.05) is 5.88 Å². The van der Waals surface area contributed by atoms with Gasteiger partial charge < -0.3 is 5.21 Å². The molecular weight excluding hydrogens is 221 g/mol. The van der Waals surface area contributed by atoms with E-state index >= 15 is 0 Å². The van der Waals surface area contributed by atoms with Gasteiger partial charge in [0, 0.05) is 11.4 Å². The number of hydrogen-bond donors (Lipinski definition) is 1. The van der Waals surface area contributed by atoms with Crippen LogP contribution in [0.25, 0.3) is 0 Å². The number of oxime groups is 1. The van der Waals surface area contributed by atoms with Crippen molar-refractivity contribution < 1.29 is 5.21 Å². The molecule has 0 aromatic heterocycles. The van der Waals surface area contributed by atoms with Crippen molar-refractivity contribution in [2.45, 2.75) is 11.8 Å². The third kappa shape index (κ3) is 2.40. The summed E-state index contributed by atoms with van der Waals surface area (Å²) in [6.07, 6.45) is 0. The van der Waals surface area contributed by atoms with Crippen LogP contribution < -0.4 is 0 Å². The Hall–Kier alpha value is -0.730. The SMILES string of the molecule is CC(Cl)(CCl)C(=NO)c1ccccc1. The topological polar surface area (TPSA) is 32.6 Å². The molecule has 0 bridgehead atoms. The Labute approximate surface area is 93.1 Å². The molecule has 0 aliphatic rings. The summed E-state index contributed by atoms with van der Waals surface area (Å²) in [6, 6.07) is 9.22. The normalized spacial score (nSPS) is 16.4. The van der Waals surface area contributed by atoms with E-state index in [2.05, 4.69) is 5.16 Å². The van der Waals surface area contributed by atoms with E-state index in [1.165, 1.54) is 0 Å². The fraction of sp³-hybridized carbons (Fsp3) is 0.300. The predicted octanol–water partition coefficient (Wildman–Crippen LogP) is 3.10. The molecule has 4 heteroatoms. The third-order valence-corrected chi connectivity index (χ3v) is 2.88. The molecule has 76 valence electrons. The molecule has 1 unspecified atom stereocenters. The van der Waals surface area contributed by atoms with Crippen molar-refractivity contribution in [3.8, 4) is 0 Å². The van der Waals surface area contributed by atoms with Crippen LogP contribution in [0.1, 0.15) is 12.5 Å². The number of rotatable bonds is 3. The van der Waals surface area contributed by atoms with Crippen molar-refractivity contribution in [1.29, 1.82) is 0 Å². The Morgan fingerprint density at radius 1 is 1.43 bits per heavy atom. The fourth-order valence-corrected chi connectivity index (χ4v) is 1.40. The third-order valence-electron chi connectivity index (χ3n) is 1.89. The van der Waals surface area contributed by atoms with Crippen molar-refractivity contribution >= 4 is 28.9 Å². The lowest BCUT2D eigenvalue weighted by Crippen LogP contribution is -2.31. The molecule has 2 nitrogen and oxygen atoms in total. The second-order valence-corrected chi connectivity index (χ2v) is 4.25. The van der Waals surface area contributed by atoms with Gasteiger partial charge in [0.2, 0.25) is 0 Å². The average molecular weight is 232 g/mol. The lowest BCUT2D eigenvalue weighted by Gasteiger charge is -2.19. The molecule has 1 N–H and O–H groups in total. The lowest BCUT2D eigenvalue weighted by atomic mass is 9.99. The van der Waals surface area contributed by atoms with Crippen LogP contribution in [0.3, 0.4) is 0 Å². The second kappa shape index (κ2) is 4.67. The Balaban J connectivity index is 3.07.